The normalized spacial score (nSPS) is 11.8. The molecule has 0 fully saturated rings. The highest BCUT2D eigenvalue weighted by Crippen LogP contribution is 2.37. The van der Waals surface area contributed by atoms with E-state index < -0.39 is 9.84 Å². The van der Waals surface area contributed by atoms with Crippen molar-refractivity contribution in [3.8, 4) is 22.3 Å². The highest BCUT2D eigenvalue weighted by Gasteiger charge is 2.16. The van der Waals surface area contributed by atoms with Gasteiger partial charge in [-0.3, -0.25) is 0 Å². The Morgan fingerprint density at radius 2 is 1.41 bits per heavy atom. The van der Waals surface area contributed by atoms with E-state index in [4.69, 9.17) is 0 Å². The molecule has 0 radical (unpaired) electrons. The molecule has 0 bridgehead atoms. The second-order valence-corrected chi connectivity index (χ2v) is 9.93. The lowest BCUT2D eigenvalue weighted by molar-refractivity contribution is 0.602. The van der Waals surface area contributed by atoms with Crippen molar-refractivity contribution in [3.05, 3.63) is 77.4 Å². The van der Waals surface area contributed by atoms with Gasteiger partial charge in [0.05, 0.1) is 4.90 Å². The average molecular weight is 407 g/mol. The van der Waals surface area contributed by atoms with Crippen LogP contribution in [0.3, 0.4) is 0 Å². The Labute approximate surface area is 175 Å². The summed E-state index contributed by atoms with van der Waals surface area (Å²) in [5, 5.41) is 0. The highest BCUT2D eigenvalue weighted by atomic mass is 32.2. The minimum absolute atomic E-state index is 0.363. The van der Waals surface area contributed by atoms with Gasteiger partial charge in [-0.2, -0.15) is 0 Å². The van der Waals surface area contributed by atoms with Crippen molar-refractivity contribution in [1.82, 2.24) is 0 Å². The maximum absolute atomic E-state index is 12.1. The molecule has 0 spiro atoms. The molecule has 0 heterocycles. The molecule has 0 unspecified atom stereocenters. The van der Waals surface area contributed by atoms with Crippen LogP contribution >= 0.6 is 0 Å². The quantitative estimate of drug-likeness (QED) is 0.444. The molecule has 0 saturated heterocycles. The number of hydrogen-bond donors (Lipinski definition) is 0. The van der Waals surface area contributed by atoms with Crippen LogP contribution in [-0.2, 0) is 9.84 Å². The van der Waals surface area contributed by atoms with Crippen LogP contribution in [0.1, 0.15) is 49.3 Å². The fourth-order valence-electron chi connectivity index (χ4n) is 3.89. The number of rotatable bonds is 6. The Morgan fingerprint density at radius 1 is 0.759 bits per heavy atom. The third kappa shape index (κ3) is 4.62. The van der Waals surface area contributed by atoms with Crippen molar-refractivity contribution in [2.75, 3.05) is 6.26 Å². The van der Waals surface area contributed by atoms with Gasteiger partial charge in [0.1, 0.15) is 0 Å². The second-order valence-electron chi connectivity index (χ2n) is 7.91. The molecule has 0 aliphatic rings. The zero-order valence-electron chi connectivity index (χ0n) is 18.0. The van der Waals surface area contributed by atoms with Gasteiger partial charge in [-0.1, -0.05) is 56.3 Å². The van der Waals surface area contributed by atoms with Gasteiger partial charge in [0.25, 0.3) is 0 Å². The van der Waals surface area contributed by atoms with Crippen LogP contribution in [0.25, 0.3) is 22.3 Å². The first-order chi connectivity index (χ1) is 13.7. The Kier molecular flexibility index (Phi) is 6.28. The van der Waals surface area contributed by atoms with Gasteiger partial charge in [-0.05, 0) is 89.8 Å². The van der Waals surface area contributed by atoms with Gasteiger partial charge in [-0.15, -0.1) is 0 Å². The van der Waals surface area contributed by atoms with E-state index >= 15 is 0 Å². The van der Waals surface area contributed by atoms with Gasteiger partial charge in [-0.25, -0.2) is 8.42 Å². The van der Waals surface area contributed by atoms with Crippen LogP contribution < -0.4 is 0 Å². The van der Waals surface area contributed by atoms with Crippen molar-refractivity contribution < 1.29 is 8.42 Å². The summed E-state index contributed by atoms with van der Waals surface area (Å²) in [7, 11) is -3.25. The second kappa shape index (κ2) is 8.54. The molecule has 3 aromatic rings. The monoisotopic (exact) mass is 406 g/mol. The lowest BCUT2D eigenvalue weighted by Crippen LogP contribution is -2.01. The Hall–Kier alpha value is -2.39. The zero-order chi connectivity index (χ0) is 21.2. The van der Waals surface area contributed by atoms with Gasteiger partial charge >= 0.3 is 0 Å². The molecule has 3 heteroatoms. The molecule has 0 amide bonds. The molecule has 3 rings (SSSR count). The maximum atomic E-state index is 12.1. The van der Waals surface area contributed by atoms with Crippen LogP contribution in [0, 0.1) is 13.8 Å². The third-order valence-corrected chi connectivity index (χ3v) is 7.00. The first kappa shape index (κ1) is 21.3. The van der Waals surface area contributed by atoms with Gasteiger partial charge < -0.3 is 0 Å². The molecule has 0 saturated carbocycles. The van der Waals surface area contributed by atoms with Crippen LogP contribution in [-0.4, -0.2) is 14.7 Å². The van der Waals surface area contributed by atoms with E-state index in [0.29, 0.717) is 10.8 Å². The largest absolute Gasteiger partial charge is 0.224 e. The summed E-state index contributed by atoms with van der Waals surface area (Å²) in [5.74, 6) is 0.445. The third-order valence-electron chi connectivity index (χ3n) is 5.89. The molecule has 0 aliphatic carbocycles. The van der Waals surface area contributed by atoms with Crippen LogP contribution in [0.5, 0.6) is 0 Å². The predicted octanol–water partition coefficient (Wildman–Crippen LogP) is 6.94. The molecule has 0 aromatic heterocycles. The van der Waals surface area contributed by atoms with Crippen molar-refractivity contribution in [2.45, 2.75) is 51.3 Å². The SMILES string of the molecule is CCC(CC)c1ccc(-c2ccc(C)c(C)c2)cc1-c1cccc(S(C)(=O)=O)c1. The van der Waals surface area contributed by atoms with Crippen molar-refractivity contribution in [3.63, 3.8) is 0 Å². The summed E-state index contributed by atoms with van der Waals surface area (Å²) >= 11 is 0. The smallest absolute Gasteiger partial charge is 0.175 e. The lowest BCUT2D eigenvalue weighted by atomic mass is 9.85. The molecule has 0 atom stereocenters. The van der Waals surface area contributed by atoms with Gasteiger partial charge in [0, 0.05) is 6.26 Å². The predicted molar refractivity (Wildman–Crippen MR) is 123 cm³/mol. The minimum atomic E-state index is -3.25. The average Bonchev–Trinajstić information content (AvgIpc) is 2.70. The van der Waals surface area contributed by atoms with E-state index in [0.717, 1.165) is 29.5 Å². The molecule has 0 aliphatic heterocycles. The molecule has 2 nitrogen and oxygen atoms in total. The van der Waals surface area contributed by atoms with E-state index in [1.807, 2.05) is 12.1 Å². The molecule has 152 valence electrons. The number of hydrogen-bond acceptors (Lipinski definition) is 2. The Balaban J connectivity index is 2.22. The first-order valence-corrected chi connectivity index (χ1v) is 12.2. The molecule has 3 aromatic carbocycles. The maximum Gasteiger partial charge on any atom is 0.175 e. The summed E-state index contributed by atoms with van der Waals surface area (Å²) in [6, 6.07) is 20.5. The minimum Gasteiger partial charge on any atom is -0.224 e. The summed E-state index contributed by atoms with van der Waals surface area (Å²) in [5.41, 5.74) is 8.26. The van der Waals surface area contributed by atoms with Gasteiger partial charge in [0.2, 0.25) is 0 Å². The van der Waals surface area contributed by atoms with Crippen LogP contribution in [0.2, 0.25) is 0 Å². The lowest BCUT2D eigenvalue weighted by Gasteiger charge is -2.20. The van der Waals surface area contributed by atoms with Crippen LogP contribution in [0.15, 0.2) is 65.6 Å². The highest BCUT2D eigenvalue weighted by molar-refractivity contribution is 7.90. The first-order valence-electron chi connectivity index (χ1n) is 10.3. The van der Waals surface area contributed by atoms with E-state index in [-0.39, 0.29) is 0 Å². The fourth-order valence-corrected chi connectivity index (χ4v) is 4.55. The standard InChI is InChI=1S/C26H30O2S/c1-6-20(7-2)25-14-13-22(21-12-11-18(3)19(4)15-21)17-26(25)23-9-8-10-24(16-23)29(5,27)28/h8-17,20H,6-7H2,1-5H3. The number of sulfone groups is 1. The summed E-state index contributed by atoms with van der Waals surface area (Å²) in [4.78, 5) is 0.363. The van der Waals surface area contributed by atoms with Crippen molar-refractivity contribution >= 4 is 9.84 Å². The summed E-state index contributed by atoms with van der Waals surface area (Å²) in [6.07, 6.45) is 3.37. The zero-order valence-corrected chi connectivity index (χ0v) is 18.8. The molecular formula is C26H30O2S. The topological polar surface area (TPSA) is 34.1 Å². The number of aryl methyl sites for hydroxylation is 2. The number of benzene rings is 3. The van der Waals surface area contributed by atoms with E-state index in [1.54, 1.807) is 12.1 Å². The van der Waals surface area contributed by atoms with E-state index in [1.165, 1.54) is 28.5 Å². The van der Waals surface area contributed by atoms with E-state index in [2.05, 4.69) is 64.1 Å². The van der Waals surface area contributed by atoms with Crippen molar-refractivity contribution in [2.24, 2.45) is 0 Å². The Bertz CT molecular complexity index is 1120. The van der Waals surface area contributed by atoms with Gasteiger partial charge in [0.15, 0.2) is 9.84 Å². The molecule has 29 heavy (non-hydrogen) atoms. The van der Waals surface area contributed by atoms with Crippen molar-refractivity contribution in [1.29, 1.82) is 0 Å². The fraction of sp³-hybridized carbons (Fsp3) is 0.308. The van der Waals surface area contributed by atoms with Crippen LogP contribution in [0.4, 0.5) is 0 Å². The summed E-state index contributed by atoms with van der Waals surface area (Å²) in [6.45, 7) is 8.68. The Morgan fingerprint density at radius 3 is 2.03 bits per heavy atom. The van der Waals surface area contributed by atoms with E-state index in [9.17, 15) is 8.42 Å². The molecule has 0 N–H and O–H groups in total. The summed E-state index contributed by atoms with van der Waals surface area (Å²) < 4.78 is 24.2. The molecular weight excluding hydrogens is 376 g/mol.